The minimum atomic E-state index is -0.269. The maximum absolute atomic E-state index is 11.3. The normalized spacial score (nSPS) is 12.4. The zero-order valence-corrected chi connectivity index (χ0v) is 12.2. The molecule has 0 fully saturated rings. The van der Waals surface area contributed by atoms with Gasteiger partial charge < -0.3 is 4.74 Å². The summed E-state index contributed by atoms with van der Waals surface area (Å²) in [5, 5.41) is -0.269. The van der Waals surface area contributed by atoms with Crippen LogP contribution in [-0.4, -0.2) is 23.8 Å². The van der Waals surface area contributed by atoms with Crippen LogP contribution in [0, 0.1) is 0 Å². The van der Waals surface area contributed by atoms with Crippen LogP contribution in [0.15, 0.2) is 0 Å². The van der Waals surface area contributed by atoms with Gasteiger partial charge in [0.15, 0.2) is 0 Å². The molecule has 102 valence electrons. The lowest BCUT2D eigenvalue weighted by molar-refractivity contribution is -0.143. The van der Waals surface area contributed by atoms with E-state index in [2.05, 4.69) is 6.92 Å². The lowest BCUT2D eigenvalue weighted by Crippen LogP contribution is -2.15. The molecule has 2 nitrogen and oxygen atoms in total. The van der Waals surface area contributed by atoms with Gasteiger partial charge in [-0.3, -0.25) is 4.79 Å². The van der Waals surface area contributed by atoms with Gasteiger partial charge in [-0.1, -0.05) is 45.4 Å². The number of hydrogen-bond donors (Lipinski definition) is 0. The molecule has 0 amide bonds. The van der Waals surface area contributed by atoms with Crippen molar-refractivity contribution >= 4 is 29.2 Å². The van der Waals surface area contributed by atoms with Gasteiger partial charge in [-0.25, -0.2) is 0 Å². The van der Waals surface area contributed by atoms with E-state index >= 15 is 0 Å². The molecule has 0 aliphatic heterocycles. The van der Waals surface area contributed by atoms with Crippen LogP contribution in [0.25, 0.3) is 0 Å². The van der Waals surface area contributed by atoms with E-state index in [9.17, 15) is 4.79 Å². The minimum Gasteiger partial charge on any atom is -0.464 e. The third-order valence-electron chi connectivity index (χ3n) is 2.58. The van der Waals surface area contributed by atoms with Crippen LogP contribution in [0.1, 0.15) is 58.3 Å². The lowest BCUT2D eigenvalue weighted by atomic mass is 10.1. The Morgan fingerprint density at radius 3 is 2.29 bits per heavy atom. The Hall–Kier alpha value is 0.0500. The van der Waals surface area contributed by atoms with Gasteiger partial charge in [0.05, 0.1) is 5.38 Å². The Bertz CT molecular complexity index is 186. The van der Waals surface area contributed by atoms with Gasteiger partial charge in [0.2, 0.25) is 0 Å². The third kappa shape index (κ3) is 12.3. The van der Waals surface area contributed by atoms with Gasteiger partial charge in [0.1, 0.15) is 6.61 Å². The van der Waals surface area contributed by atoms with E-state index in [-0.39, 0.29) is 18.0 Å². The Labute approximate surface area is 115 Å². The topological polar surface area (TPSA) is 26.3 Å². The van der Waals surface area contributed by atoms with E-state index in [1.807, 2.05) is 0 Å². The molecule has 0 rings (SSSR count). The summed E-state index contributed by atoms with van der Waals surface area (Å²) in [7, 11) is 0. The van der Waals surface area contributed by atoms with Crippen molar-refractivity contribution in [2.45, 2.75) is 63.7 Å². The summed E-state index contributed by atoms with van der Waals surface area (Å²) in [6, 6.07) is 0. The summed E-state index contributed by atoms with van der Waals surface area (Å²) in [6.45, 7) is 2.43. The first-order chi connectivity index (χ1) is 8.20. The van der Waals surface area contributed by atoms with E-state index in [0.717, 1.165) is 12.8 Å². The predicted octanol–water partition coefficient (Wildman–Crippen LogP) is 4.52. The van der Waals surface area contributed by atoms with Crippen molar-refractivity contribution in [1.29, 1.82) is 0 Å². The number of ether oxygens (including phenoxy) is 1. The first-order valence-corrected chi connectivity index (χ1v) is 7.53. The van der Waals surface area contributed by atoms with Crippen molar-refractivity contribution in [1.82, 2.24) is 0 Å². The average molecular weight is 283 g/mol. The van der Waals surface area contributed by atoms with Crippen LogP contribution in [-0.2, 0) is 9.53 Å². The fourth-order valence-electron chi connectivity index (χ4n) is 1.53. The number of carbonyl (C=O) groups is 1. The number of esters is 1. The molecule has 0 aliphatic rings. The molecular formula is C13H24Cl2O2. The molecule has 17 heavy (non-hydrogen) atoms. The van der Waals surface area contributed by atoms with Crippen molar-refractivity contribution in [3.63, 3.8) is 0 Å². The van der Waals surface area contributed by atoms with Gasteiger partial charge in [-0.2, -0.15) is 0 Å². The molecular weight excluding hydrogens is 259 g/mol. The summed E-state index contributed by atoms with van der Waals surface area (Å²) >= 11 is 11.2. The number of alkyl halides is 2. The smallest absolute Gasteiger partial charge is 0.305 e. The van der Waals surface area contributed by atoms with E-state index < -0.39 is 0 Å². The van der Waals surface area contributed by atoms with Crippen molar-refractivity contribution in [3.05, 3.63) is 0 Å². The molecule has 0 aromatic heterocycles. The molecule has 0 N–H and O–H groups in total. The summed E-state index contributed by atoms with van der Waals surface area (Å²) in [6.07, 6.45) is 8.91. The Morgan fingerprint density at radius 1 is 1.12 bits per heavy atom. The predicted molar refractivity (Wildman–Crippen MR) is 73.9 cm³/mol. The molecule has 1 atom stereocenters. The lowest BCUT2D eigenvalue weighted by Gasteiger charge is -2.07. The number of hydrogen-bond acceptors (Lipinski definition) is 2. The second-order valence-corrected chi connectivity index (χ2v) is 5.23. The highest BCUT2D eigenvalue weighted by molar-refractivity contribution is 6.28. The second-order valence-electron chi connectivity index (χ2n) is 4.31. The molecule has 0 heterocycles. The fourth-order valence-corrected chi connectivity index (χ4v) is 1.68. The highest BCUT2D eigenvalue weighted by Gasteiger charge is 2.07. The highest BCUT2D eigenvalue weighted by Crippen LogP contribution is 2.09. The number of rotatable bonds is 11. The number of unbranched alkanes of at least 4 members (excludes halogenated alkanes) is 6. The van der Waals surface area contributed by atoms with Crippen LogP contribution in [0.3, 0.4) is 0 Å². The zero-order chi connectivity index (χ0) is 12.9. The average Bonchev–Trinajstić information content (AvgIpc) is 2.34. The van der Waals surface area contributed by atoms with Gasteiger partial charge in [0, 0.05) is 12.3 Å². The van der Waals surface area contributed by atoms with Crippen molar-refractivity contribution in [2.75, 3.05) is 12.5 Å². The molecule has 0 saturated heterocycles. The molecule has 0 saturated carbocycles. The van der Waals surface area contributed by atoms with Gasteiger partial charge in [0.25, 0.3) is 0 Å². The molecule has 0 spiro atoms. The van der Waals surface area contributed by atoms with E-state index in [0.29, 0.717) is 12.3 Å². The largest absolute Gasteiger partial charge is 0.464 e. The van der Waals surface area contributed by atoms with Crippen molar-refractivity contribution in [3.8, 4) is 0 Å². The van der Waals surface area contributed by atoms with Crippen molar-refractivity contribution < 1.29 is 9.53 Å². The zero-order valence-electron chi connectivity index (χ0n) is 10.7. The van der Waals surface area contributed by atoms with Crippen molar-refractivity contribution in [2.24, 2.45) is 0 Å². The third-order valence-corrected chi connectivity index (χ3v) is 3.39. The van der Waals surface area contributed by atoms with Crippen LogP contribution >= 0.6 is 23.2 Å². The summed E-state index contributed by atoms with van der Waals surface area (Å²) in [4.78, 5) is 11.3. The summed E-state index contributed by atoms with van der Waals surface area (Å²) in [5.41, 5.74) is 0. The van der Waals surface area contributed by atoms with Gasteiger partial charge in [-0.05, 0) is 6.42 Å². The molecule has 0 aromatic rings. The number of carbonyl (C=O) groups excluding carboxylic acids is 1. The van der Waals surface area contributed by atoms with Gasteiger partial charge in [-0.15, -0.1) is 23.2 Å². The monoisotopic (exact) mass is 282 g/mol. The van der Waals surface area contributed by atoms with Crippen LogP contribution in [0.2, 0.25) is 0 Å². The molecule has 0 aliphatic carbocycles. The number of halogens is 2. The SMILES string of the molecule is CCCCCCCCCC(=O)OCC(Cl)CCl. The van der Waals surface area contributed by atoms with Crippen LogP contribution < -0.4 is 0 Å². The first kappa shape index (κ1) is 17.1. The van der Waals surface area contributed by atoms with E-state index in [1.54, 1.807) is 0 Å². The fraction of sp³-hybridized carbons (Fsp3) is 0.923. The van der Waals surface area contributed by atoms with Crippen LogP contribution in [0.5, 0.6) is 0 Å². The minimum absolute atomic E-state index is 0.158. The molecule has 0 aromatic carbocycles. The van der Waals surface area contributed by atoms with Gasteiger partial charge >= 0.3 is 5.97 Å². The molecule has 4 heteroatoms. The van der Waals surface area contributed by atoms with Crippen LogP contribution in [0.4, 0.5) is 0 Å². The summed E-state index contributed by atoms with van der Waals surface area (Å²) < 4.78 is 4.98. The highest BCUT2D eigenvalue weighted by atomic mass is 35.5. The second kappa shape index (κ2) is 12.5. The quantitative estimate of drug-likeness (QED) is 0.316. The maximum atomic E-state index is 11.3. The first-order valence-electron chi connectivity index (χ1n) is 6.56. The standard InChI is InChI=1S/C13H24Cl2O2/c1-2-3-4-5-6-7-8-9-13(16)17-11-12(15)10-14/h12H,2-11H2,1H3. The Balaban J connectivity index is 3.22. The summed E-state index contributed by atoms with van der Waals surface area (Å²) in [5.74, 6) is 0.154. The maximum Gasteiger partial charge on any atom is 0.305 e. The molecule has 0 bridgehead atoms. The van der Waals surface area contributed by atoms with E-state index in [4.69, 9.17) is 27.9 Å². The Morgan fingerprint density at radius 2 is 1.71 bits per heavy atom. The molecule has 0 radical (unpaired) electrons. The van der Waals surface area contributed by atoms with E-state index in [1.165, 1.54) is 32.1 Å². The molecule has 1 unspecified atom stereocenters. The Kier molecular flexibility index (Phi) is 12.5.